The minimum atomic E-state index is -0.435. The Morgan fingerprint density at radius 3 is 2.81 bits per heavy atom. The van der Waals surface area contributed by atoms with Gasteiger partial charge in [-0.15, -0.1) is 12.4 Å². The van der Waals surface area contributed by atoms with E-state index in [9.17, 15) is 9.90 Å². The van der Waals surface area contributed by atoms with E-state index in [2.05, 4.69) is 34.0 Å². The lowest BCUT2D eigenvalue weighted by atomic mass is 10.1. The maximum atomic E-state index is 13.2. The Kier molecular flexibility index (Phi) is 7.71. The van der Waals surface area contributed by atoms with Gasteiger partial charge in [0.1, 0.15) is 35.2 Å². The Bertz CT molecular complexity index is 1120. The van der Waals surface area contributed by atoms with Crippen LogP contribution in [-0.4, -0.2) is 56.7 Å². The van der Waals surface area contributed by atoms with Crippen molar-refractivity contribution in [1.82, 2.24) is 19.4 Å². The standard InChI is InChI=1S/C23H27N5O3.ClH/c1-3-27(4-2)13-14-31-20-9-11-24-15-17(20)26-23(30)21-19(29)10-12-28-18-8-6-5-7-16(18)25-22(21)28;/h5-9,11,15,29H,3-4,10,12-14H2,1-2H3,(H,26,30);1H. The zero-order valence-electron chi connectivity index (χ0n) is 18.2. The Balaban J connectivity index is 0.00000289. The number of ether oxygens (including phenoxy) is 1. The molecule has 170 valence electrons. The molecule has 0 atom stereocenters. The summed E-state index contributed by atoms with van der Waals surface area (Å²) < 4.78 is 7.88. The smallest absolute Gasteiger partial charge is 0.263 e. The minimum Gasteiger partial charge on any atom is -0.511 e. The highest BCUT2D eigenvalue weighted by Crippen LogP contribution is 2.31. The number of aromatic nitrogens is 3. The molecule has 2 N–H and O–H groups in total. The fraction of sp³-hybridized carbons (Fsp3) is 0.348. The Morgan fingerprint density at radius 1 is 1.25 bits per heavy atom. The zero-order chi connectivity index (χ0) is 21.8. The van der Waals surface area contributed by atoms with Gasteiger partial charge in [-0.2, -0.15) is 0 Å². The highest BCUT2D eigenvalue weighted by molar-refractivity contribution is 6.25. The SMILES string of the molecule is CCN(CC)CCOc1ccncc1NC(=O)C1=C(O)CCn2c1nc1ccccc12.Cl. The van der Waals surface area contributed by atoms with E-state index in [1.165, 1.54) is 0 Å². The normalized spacial score (nSPS) is 13.1. The van der Waals surface area contributed by atoms with Crippen LogP contribution in [-0.2, 0) is 11.3 Å². The van der Waals surface area contributed by atoms with Crippen LogP contribution in [0.5, 0.6) is 5.75 Å². The molecule has 0 aliphatic carbocycles. The molecule has 4 rings (SSSR count). The number of carbonyl (C=O) groups is 1. The summed E-state index contributed by atoms with van der Waals surface area (Å²) in [4.78, 5) is 24.1. The molecule has 1 aliphatic rings. The number of nitrogens with one attached hydrogen (secondary N) is 1. The molecule has 0 unspecified atom stereocenters. The molecule has 1 amide bonds. The van der Waals surface area contributed by atoms with E-state index in [0.717, 1.165) is 30.7 Å². The van der Waals surface area contributed by atoms with E-state index >= 15 is 0 Å². The van der Waals surface area contributed by atoms with Crippen molar-refractivity contribution in [2.24, 2.45) is 0 Å². The van der Waals surface area contributed by atoms with Crippen LogP contribution in [0.4, 0.5) is 5.69 Å². The molecule has 0 bridgehead atoms. The van der Waals surface area contributed by atoms with Crippen LogP contribution in [0.15, 0.2) is 48.5 Å². The summed E-state index contributed by atoms with van der Waals surface area (Å²) in [5.41, 5.74) is 2.37. The number of para-hydroxylation sites is 2. The first-order chi connectivity index (χ1) is 15.1. The molecular weight excluding hydrogens is 430 g/mol. The predicted octanol–water partition coefficient (Wildman–Crippen LogP) is 3.89. The number of aryl methyl sites for hydroxylation is 1. The van der Waals surface area contributed by atoms with Crippen molar-refractivity contribution >= 4 is 40.6 Å². The van der Waals surface area contributed by atoms with Crippen LogP contribution in [0.1, 0.15) is 26.1 Å². The average Bonchev–Trinajstić information content (AvgIpc) is 3.16. The molecule has 0 spiro atoms. The van der Waals surface area contributed by atoms with Gasteiger partial charge in [-0.1, -0.05) is 26.0 Å². The van der Waals surface area contributed by atoms with Crippen molar-refractivity contribution in [2.45, 2.75) is 26.8 Å². The highest BCUT2D eigenvalue weighted by Gasteiger charge is 2.28. The predicted molar refractivity (Wildman–Crippen MR) is 127 cm³/mol. The number of hydrogen-bond donors (Lipinski definition) is 2. The second kappa shape index (κ2) is 10.5. The Hall–Kier alpha value is -3.10. The number of halogens is 1. The van der Waals surface area contributed by atoms with E-state index in [4.69, 9.17) is 4.74 Å². The molecule has 1 aliphatic heterocycles. The number of aliphatic hydroxyl groups is 1. The molecule has 3 aromatic rings. The van der Waals surface area contributed by atoms with Gasteiger partial charge >= 0.3 is 0 Å². The zero-order valence-corrected chi connectivity index (χ0v) is 19.1. The summed E-state index contributed by atoms with van der Waals surface area (Å²) in [5, 5.41) is 13.4. The number of rotatable bonds is 8. The van der Waals surface area contributed by atoms with Crippen LogP contribution in [0.2, 0.25) is 0 Å². The number of carbonyl (C=O) groups excluding carboxylic acids is 1. The molecule has 2 aromatic heterocycles. The van der Waals surface area contributed by atoms with Crippen molar-refractivity contribution < 1.29 is 14.6 Å². The number of benzene rings is 1. The van der Waals surface area contributed by atoms with Crippen molar-refractivity contribution in [3.63, 3.8) is 0 Å². The number of fused-ring (bicyclic) bond motifs is 3. The second-order valence-corrected chi connectivity index (χ2v) is 7.35. The van der Waals surface area contributed by atoms with Crippen molar-refractivity contribution in [1.29, 1.82) is 0 Å². The summed E-state index contributed by atoms with van der Waals surface area (Å²) in [7, 11) is 0. The molecule has 0 saturated heterocycles. The largest absolute Gasteiger partial charge is 0.511 e. The first kappa shape index (κ1) is 23.6. The van der Waals surface area contributed by atoms with E-state index in [1.807, 2.05) is 28.8 Å². The maximum absolute atomic E-state index is 13.2. The molecule has 32 heavy (non-hydrogen) atoms. The number of likely N-dealkylation sites (N-methyl/N-ethyl adjacent to an activating group) is 1. The van der Waals surface area contributed by atoms with Gasteiger partial charge in [-0.3, -0.25) is 9.78 Å². The van der Waals surface area contributed by atoms with Crippen molar-refractivity contribution in [3.05, 3.63) is 54.3 Å². The third-order valence-electron chi connectivity index (χ3n) is 5.55. The quantitative estimate of drug-likeness (QED) is 0.533. The first-order valence-electron chi connectivity index (χ1n) is 10.6. The summed E-state index contributed by atoms with van der Waals surface area (Å²) >= 11 is 0. The molecule has 0 fully saturated rings. The second-order valence-electron chi connectivity index (χ2n) is 7.35. The van der Waals surface area contributed by atoms with Crippen LogP contribution in [0, 0.1) is 0 Å². The number of nitrogens with zero attached hydrogens (tertiary/aromatic N) is 4. The number of pyridine rings is 1. The van der Waals surface area contributed by atoms with Crippen LogP contribution >= 0.6 is 12.4 Å². The van der Waals surface area contributed by atoms with Crippen LogP contribution in [0.25, 0.3) is 16.6 Å². The number of aliphatic hydroxyl groups excluding tert-OH is 1. The third kappa shape index (κ3) is 4.71. The Labute approximate surface area is 193 Å². The van der Waals surface area contributed by atoms with Gasteiger partial charge < -0.3 is 24.6 Å². The van der Waals surface area contributed by atoms with Gasteiger partial charge in [0.2, 0.25) is 0 Å². The third-order valence-corrected chi connectivity index (χ3v) is 5.55. The highest BCUT2D eigenvalue weighted by atomic mass is 35.5. The lowest BCUT2D eigenvalue weighted by molar-refractivity contribution is -0.111. The maximum Gasteiger partial charge on any atom is 0.263 e. The van der Waals surface area contributed by atoms with E-state index < -0.39 is 5.91 Å². The average molecular weight is 458 g/mol. The molecule has 8 nitrogen and oxygen atoms in total. The van der Waals surface area contributed by atoms with Crippen LogP contribution in [0.3, 0.4) is 0 Å². The van der Waals surface area contributed by atoms with Crippen LogP contribution < -0.4 is 10.1 Å². The molecule has 9 heteroatoms. The number of allylic oxidation sites excluding steroid dienone is 1. The fourth-order valence-electron chi connectivity index (χ4n) is 3.81. The Morgan fingerprint density at radius 2 is 2.03 bits per heavy atom. The van der Waals surface area contributed by atoms with E-state index in [-0.39, 0.29) is 23.7 Å². The van der Waals surface area contributed by atoms with Gasteiger partial charge in [0.25, 0.3) is 5.91 Å². The van der Waals surface area contributed by atoms with Gasteiger partial charge in [0, 0.05) is 31.8 Å². The lowest BCUT2D eigenvalue weighted by Gasteiger charge is -2.20. The summed E-state index contributed by atoms with van der Waals surface area (Å²) in [5.74, 6) is 0.610. The molecule has 0 saturated carbocycles. The molecular formula is C23H28ClN5O3. The minimum absolute atomic E-state index is 0. The molecule has 0 radical (unpaired) electrons. The topological polar surface area (TPSA) is 92.5 Å². The molecule has 3 heterocycles. The number of imidazole rings is 1. The first-order valence-corrected chi connectivity index (χ1v) is 10.6. The van der Waals surface area contributed by atoms with Crippen molar-refractivity contribution in [2.75, 3.05) is 31.6 Å². The van der Waals surface area contributed by atoms with Gasteiger partial charge in [-0.25, -0.2) is 4.98 Å². The van der Waals surface area contributed by atoms with E-state index in [0.29, 0.717) is 36.8 Å². The number of anilines is 1. The molecule has 1 aromatic carbocycles. The van der Waals surface area contributed by atoms with Gasteiger partial charge in [0.05, 0.1) is 17.2 Å². The monoisotopic (exact) mass is 457 g/mol. The van der Waals surface area contributed by atoms with Crippen molar-refractivity contribution in [3.8, 4) is 5.75 Å². The van der Waals surface area contributed by atoms with Gasteiger partial charge in [0.15, 0.2) is 0 Å². The lowest BCUT2D eigenvalue weighted by Crippen LogP contribution is -2.28. The number of amides is 1. The summed E-state index contributed by atoms with van der Waals surface area (Å²) in [6.45, 7) is 7.99. The van der Waals surface area contributed by atoms with E-state index in [1.54, 1.807) is 18.5 Å². The summed E-state index contributed by atoms with van der Waals surface area (Å²) in [6, 6.07) is 9.43. The van der Waals surface area contributed by atoms with Gasteiger partial charge in [-0.05, 0) is 25.2 Å². The fourth-order valence-corrected chi connectivity index (χ4v) is 3.81. The number of hydrogen-bond acceptors (Lipinski definition) is 6. The summed E-state index contributed by atoms with van der Waals surface area (Å²) in [6.07, 6.45) is 3.55.